The van der Waals surface area contributed by atoms with Crippen LogP contribution in [0, 0.1) is 18.5 Å². The summed E-state index contributed by atoms with van der Waals surface area (Å²) in [4.78, 5) is 7.69. The highest BCUT2D eigenvalue weighted by Gasteiger charge is 2.06. The molecule has 0 amide bonds. The lowest BCUT2D eigenvalue weighted by molar-refractivity contribution is 0.410. The van der Waals surface area contributed by atoms with Crippen LogP contribution in [0.2, 0.25) is 0 Å². The van der Waals surface area contributed by atoms with Crippen molar-refractivity contribution in [3.8, 4) is 5.75 Å². The van der Waals surface area contributed by atoms with Gasteiger partial charge in [-0.2, -0.15) is 0 Å². The monoisotopic (exact) mass is 260 g/mol. The van der Waals surface area contributed by atoms with Crippen LogP contribution in [-0.2, 0) is 6.42 Å². The zero-order valence-corrected chi connectivity index (χ0v) is 11.6. The average molecular weight is 260 g/mol. The Morgan fingerprint density at radius 2 is 2.00 bits per heavy atom. The molecule has 0 spiro atoms. The Morgan fingerprint density at radius 3 is 2.67 bits per heavy atom. The summed E-state index contributed by atoms with van der Waals surface area (Å²) in [6.45, 7) is 3.99. The molecule has 1 N–H and O–H groups in total. The van der Waals surface area contributed by atoms with E-state index in [0.717, 1.165) is 28.4 Å². The Labute approximate surface area is 112 Å². The number of rotatable bonds is 3. The standard InChI is InChI=1S/C14H16N2OS/c1-9-10(2)15-13(16-14(9)18)8-11-6-4-5-7-12(11)17-3/h4-7H,8H2,1-3H3,(H,15,16,18). The number of nitrogens with zero attached hydrogens (tertiary/aromatic N) is 1. The van der Waals surface area contributed by atoms with E-state index in [9.17, 15) is 0 Å². The smallest absolute Gasteiger partial charge is 0.132 e. The molecule has 2 aromatic rings. The van der Waals surface area contributed by atoms with E-state index in [1.165, 1.54) is 0 Å². The second kappa shape index (κ2) is 5.31. The number of hydrogen-bond donors (Lipinski definition) is 1. The van der Waals surface area contributed by atoms with Gasteiger partial charge < -0.3 is 9.72 Å². The molecule has 0 fully saturated rings. The molecular weight excluding hydrogens is 244 g/mol. The van der Waals surface area contributed by atoms with E-state index in [-0.39, 0.29) is 0 Å². The molecule has 0 saturated heterocycles. The molecule has 0 aliphatic heterocycles. The highest BCUT2D eigenvalue weighted by molar-refractivity contribution is 7.71. The summed E-state index contributed by atoms with van der Waals surface area (Å²) in [6, 6.07) is 7.93. The van der Waals surface area contributed by atoms with E-state index < -0.39 is 0 Å². The third-order valence-electron chi connectivity index (χ3n) is 3.00. The van der Waals surface area contributed by atoms with Crippen molar-refractivity contribution < 1.29 is 4.74 Å². The Hall–Kier alpha value is -1.68. The predicted octanol–water partition coefficient (Wildman–Crippen LogP) is 3.36. The molecule has 4 heteroatoms. The van der Waals surface area contributed by atoms with Crippen LogP contribution in [0.25, 0.3) is 0 Å². The molecule has 3 nitrogen and oxygen atoms in total. The highest BCUT2D eigenvalue weighted by Crippen LogP contribution is 2.20. The SMILES string of the molecule is COc1ccccc1Cc1nc(=S)c(C)c(C)[nH]1. The van der Waals surface area contributed by atoms with Crippen LogP contribution < -0.4 is 4.74 Å². The lowest BCUT2D eigenvalue weighted by Gasteiger charge is -2.09. The Balaban J connectivity index is 2.37. The summed E-state index contributed by atoms with van der Waals surface area (Å²) < 4.78 is 6.00. The Bertz CT molecular complexity index is 619. The topological polar surface area (TPSA) is 37.9 Å². The third kappa shape index (κ3) is 2.59. The van der Waals surface area contributed by atoms with Crippen molar-refractivity contribution in [3.63, 3.8) is 0 Å². The van der Waals surface area contributed by atoms with Crippen molar-refractivity contribution in [3.05, 3.63) is 51.6 Å². The van der Waals surface area contributed by atoms with Crippen LogP contribution in [-0.4, -0.2) is 17.1 Å². The van der Waals surface area contributed by atoms with Gasteiger partial charge in [-0.3, -0.25) is 0 Å². The molecule has 2 rings (SSSR count). The number of ether oxygens (including phenoxy) is 1. The number of aromatic amines is 1. The van der Waals surface area contributed by atoms with E-state index in [1.807, 2.05) is 38.1 Å². The first kappa shape index (κ1) is 12.8. The lowest BCUT2D eigenvalue weighted by Crippen LogP contribution is -2.02. The number of nitrogens with one attached hydrogen (secondary N) is 1. The van der Waals surface area contributed by atoms with Gasteiger partial charge in [0.15, 0.2) is 0 Å². The van der Waals surface area contributed by atoms with Crippen molar-refractivity contribution in [2.75, 3.05) is 7.11 Å². The third-order valence-corrected chi connectivity index (χ3v) is 3.40. The number of methoxy groups -OCH3 is 1. The van der Waals surface area contributed by atoms with E-state index in [0.29, 0.717) is 11.1 Å². The van der Waals surface area contributed by atoms with Gasteiger partial charge in [-0.25, -0.2) is 4.98 Å². The molecular formula is C14H16N2OS. The summed E-state index contributed by atoms with van der Waals surface area (Å²) >= 11 is 5.24. The van der Waals surface area contributed by atoms with Crippen molar-refractivity contribution in [2.45, 2.75) is 20.3 Å². The van der Waals surface area contributed by atoms with Crippen LogP contribution in [0.5, 0.6) is 5.75 Å². The van der Waals surface area contributed by atoms with Crippen molar-refractivity contribution in [1.29, 1.82) is 0 Å². The first-order valence-corrected chi connectivity index (χ1v) is 6.21. The van der Waals surface area contributed by atoms with Crippen molar-refractivity contribution in [1.82, 2.24) is 9.97 Å². The van der Waals surface area contributed by atoms with Crippen molar-refractivity contribution >= 4 is 12.2 Å². The molecule has 94 valence electrons. The maximum atomic E-state index is 5.33. The van der Waals surface area contributed by atoms with Crippen LogP contribution in [0.3, 0.4) is 0 Å². The van der Waals surface area contributed by atoms with Gasteiger partial charge in [-0.15, -0.1) is 0 Å². The zero-order chi connectivity index (χ0) is 13.1. The average Bonchev–Trinajstić information content (AvgIpc) is 2.36. The second-order valence-corrected chi connectivity index (χ2v) is 4.61. The largest absolute Gasteiger partial charge is 0.496 e. The number of hydrogen-bond acceptors (Lipinski definition) is 3. The predicted molar refractivity (Wildman–Crippen MR) is 74.7 cm³/mol. The maximum absolute atomic E-state index is 5.33. The van der Waals surface area contributed by atoms with Crippen LogP contribution in [0.1, 0.15) is 22.6 Å². The molecule has 18 heavy (non-hydrogen) atoms. The molecule has 0 atom stereocenters. The van der Waals surface area contributed by atoms with Crippen LogP contribution in [0.4, 0.5) is 0 Å². The first-order chi connectivity index (χ1) is 8.61. The number of benzene rings is 1. The number of aryl methyl sites for hydroxylation is 1. The molecule has 0 aliphatic rings. The van der Waals surface area contributed by atoms with E-state index >= 15 is 0 Å². The van der Waals surface area contributed by atoms with Gasteiger partial charge >= 0.3 is 0 Å². The summed E-state index contributed by atoms with van der Waals surface area (Å²) in [5, 5.41) is 0. The van der Waals surface area contributed by atoms with Crippen LogP contribution >= 0.6 is 12.2 Å². The fourth-order valence-electron chi connectivity index (χ4n) is 1.82. The van der Waals surface area contributed by atoms with Crippen LogP contribution in [0.15, 0.2) is 24.3 Å². The summed E-state index contributed by atoms with van der Waals surface area (Å²) in [5.74, 6) is 1.74. The Morgan fingerprint density at radius 1 is 1.28 bits per heavy atom. The molecule has 1 heterocycles. The fraction of sp³-hybridized carbons (Fsp3) is 0.286. The number of H-pyrrole nitrogens is 1. The minimum absolute atomic E-state index is 0.663. The van der Waals surface area contributed by atoms with Gasteiger partial charge in [-0.1, -0.05) is 30.4 Å². The molecule has 1 aromatic heterocycles. The van der Waals surface area contributed by atoms with Gasteiger partial charge in [0.25, 0.3) is 0 Å². The molecule has 0 saturated carbocycles. The van der Waals surface area contributed by atoms with E-state index in [1.54, 1.807) is 7.11 Å². The van der Waals surface area contributed by atoms with E-state index in [4.69, 9.17) is 17.0 Å². The summed E-state index contributed by atoms with van der Waals surface area (Å²) in [5.41, 5.74) is 3.20. The molecule has 0 bridgehead atoms. The van der Waals surface area contributed by atoms with Gasteiger partial charge in [-0.05, 0) is 19.9 Å². The first-order valence-electron chi connectivity index (χ1n) is 5.80. The maximum Gasteiger partial charge on any atom is 0.132 e. The molecule has 0 radical (unpaired) electrons. The number of para-hydroxylation sites is 1. The molecule has 0 aliphatic carbocycles. The van der Waals surface area contributed by atoms with Gasteiger partial charge in [0.2, 0.25) is 0 Å². The molecule has 0 unspecified atom stereocenters. The summed E-state index contributed by atoms with van der Waals surface area (Å²) in [7, 11) is 1.68. The fourth-order valence-corrected chi connectivity index (χ4v) is 2.08. The number of aromatic nitrogens is 2. The Kier molecular flexibility index (Phi) is 3.77. The lowest BCUT2D eigenvalue weighted by atomic mass is 10.1. The zero-order valence-electron chi connectivity index (χ0n) is 10.8. The normalized spacial score (nSPS) is 10.4. The van der Waals surface area contributed by atoms with Crippen molar-refractivity contribution in [2.24, 2.45) is 0 Å². The summed E-state index contributed by atoms with van der Waals surface area (Å²) in [6.07, 6.45) is 0.689. The highest BCUT2D eigenvalue weighted by atomic mass is 32.1. The second-order valence-electron chi connectivity index (χ2n) is 4.23. The van der Waals surface area contributed by atoms with Gasteiger partial charge in [0.1, 0.15) is 16.2 Å². The van der Waals surface area contributed by atoms with E-state index in [2.05, 4.69) is 9.97 Å². The van der Waals surface area contributed by atoms with Gasteiger partial charge in [0, 0.05) is 23.2 Å². The minimum atomic E-state index is 0.663. The van der Waals surface area contributed by atoms with Gasteiger partial charge in [0.05, 0.1) is 7.11 Å². The minimum Gasteiger partial charge on any atom is -0.496 e. The molecule has 1 aromatic carbocycles. The quantitative estimate of drug-likeness (QED) is 0.860.